The normalized spacial score (nSPS) is 24.9. The Labute approximate surface area is 119 Å². The second kappa shape index (κ2) is 5.99. The fourth-order valence-electron chi connectivity index (χ4n) is 3.42. The average molecular weight is 284 g/mol. The summed E-state index contributed by atoms with van der Waals surface area (Å²) in [6, 6.07) is -0.366. The molecule has 2 aliphatic rings. The number of aliphatic hydroxyl groups is 1. The first-order valence-corrected chi connectivity index (χ1v) is 7.37. The molecule has 114 valence electrons. The van der Waals surface area contributed by atoms with Gasteiger partial charge in [0.2, 0.25) is 0 Å². The molecule has 2 amide bonds. The highest BCUT2D eigenvalue weighted by molar-refractivity contribution is 5.76. The maximum atomic E-state index is 12.4. The van der Waals surface area contributed by atoms with E-state index in [9.17, 15) is 14.7 Å². The second-order valence-corrected chi connectivity index (χ2v) is 6.16. The Bertz CT molecular complexity index is 379. The van der Waals surface area contributed by atoms with Crippen molar-refractivity contribution in [3.63, 3.8) is 0 Å². The quantitative estimate of drug-likeness (QED) is 0.815. The lowest BCUT2D eigenvalue weighted by Crippen LogP contribution is -2.49. The molecule has 1 heterocycles. The van der Waals surface area contributed by atoms with Gasteiger partial charge >= 0.3 is 12.0 Å². The number of rotatable bonds is 4. The summed E-state index contributed by atoms with van der Waals surface area (Å²) >= 11 is 0. The molecule has 1 saturated heterocycles. The largest absolute Gasteiger partial charge is 0.481 e. The minimum atomic E-state index is -0.869. The molecular weight excluding hydrogens is 260 g/mol. The Morgan fingerprint density at radius 1 is 1.30 bits per heavy atom. The number of likely N-dealkylation sites (N-methyl/N-ethyl adjacent to an activating group) is 1. The third-order valence-electron chi connectivity index (χ3n) is 4.43. The predicted molar refractivity (Wildman–Crippen MR) is 73.4 cm³/mol. The van der Waals surface area contributed by atoms with Crippen molar-refractivity contribution in [2.75, 3.05) is 20.1 Å². The molecule has 0 bridgehead atoms. The van der Waals surface area contributed by atoms with Crippen molar-refractivity contribution >= 4 is 12.0 Å². The van der Waals surface area contributed by atoms with E-state index in [0.717, 1.165) is 38.5 Å². The van der Waals surface area contributed by atoms with Crippen LogP contribution in [0.15, 0.2) is 0 Å². The second-order valence-electron chi connectivity index (χ2n) is 6.16. The van der Waals surface area contributed by atoms with Crippen LogP contribution >= 0.6 is 0 Å². The summed E-state index contributed by atoms with van der Waals surface area (Å²) < 4.78 is 0. The first-order chi connectivity index (χ1) is 9.41. The minimum Gasteiger partial charge on any atom is -0.481 e. The number of urea groups is 1. The zero-order chi connectivity index (χ0) is 14.8. The first-order valence-electron chi connectivity index (χ1n) is 7.37. The Hall–Kier alpha value is -1.30. The van der Waals surface area contributed by atoms with Crippen LogP contribution < -0.4 is 0 Å². The van der Waals surface area contributed by atoms with E-state index in [1.54, 1.807) is 16.8 Å². The molecule has 1 unspecified atom stereocenters. The molecule has 0 spiro atoms. The van der Waals surface area contributed by atoms with E-state index in [1.165, 1.54) is 0 Å². The summed E-state index contributed by atoms with van der Waals surface area (Å²) in [5.74, 6) is -0.869. The molecule has 1 aliphatic carbocycles. The van der Waals surface area contributed by atoms with Crippen LogP contribution in [0.2, 0.25) is 0 Å². The Morgan fingerprint density at radius 2 is 1.95 bits per heavy atom. The molecule has 2 N–H and O–H groups in total. The van der Waals surface area contributed by atoms with Crippen LogP contribution in [0.25, 0.3) is 0 Å². The minimum absolute atomic E-state index is 0.00382. The molecule has 1 saturated carbocycles. The van der Waals surface area contributed by atoms with Gasteiger partial charge in [-0.2, -0.15) is 0 Å². The molecule has 0 radical (unpaired) electrons. The van der Waals surface area contributed by atoms with Gasteiger partial charge in [0.15, 0.2) is 0 Å². The van der Waals surface area contributed by atoms with E-state index >= 15 is 0 Å². The average Bonchev–Trinajstić information content (AvgIpc) is 2.97. The van der Waals surface area contributed by atoms with E-state index in [0.29, 0.717) is 13.1 Å². The van der Waals surface area contributed by atoms with Crippen LogP contribution in [0.3, 0.4) is 0 Å². The molecule has 0 aromatic heterocycles. The third kappa shape index (κ3) is 3.42. The zero-order valence-corrected chi connectivity index (χ0v) is 12.0. The maximum Gasteiger partial charge on any atom is 0.320 e. The molecule has 6 heteroatoms. The van der Waals surface area contributed by atoms with Crippen LogP contribution in [-0.2, 0) is 4.79 Å². The van der Waals surface area contributed by atoms with Crippen molar-refractivity contribution in [1.82, 2.24) is 9.80 Å². The molecular formula is C14H24N2O4. The van der Waals surface area contributed by atoms with E-state index in [-0.39, 0.29) is 18.5 Å². The van der Waals surface area contributed by atoms with Gasteiger partial charge in [0, 0.05) is 19.6 Å². The van der Waals surface area contributed by atoms with Crippen molar-refractivity contribution in [3.05, 3.63) is 0 Å². The van der Waals surface area contributed by atoms with Gasteiger partial charge in [0.05, 0.1) is 18.6 Å². The Kier molecular flexibility index (Phi) is 4.52. The van der Waals surface area contributed by atoms with Gasteiger partial charge < -0.3 is 20.0 Å². The predicted octanol–water partition coefficient (Wildman–Crippen LogP) is 1.28. The number of carbonyl (C=O) groups excluding carboxylic acids is 1. The van der Waals surface area contributed by atoms with Crippen molar-refractivity contribution in [2.45, 2.75) is 56.6 Å². The molecule has 1 atom stereocenters. The van der Waals surface area contributed by atoms with Crippen molar-refractivity contribution in [2.24, 2.45) is 0 Å². The van der Waals surface area contributed by atoms with Crippen molar-refractivity contribution in [3.8, 4) is 0 Å². The number of nitrogens with zero attached hydrogens (tertiary/aromatic N) is 2. The number of amides is 2. The number of carboxylic acids is 1. The summed E-state index contributed by atoms with van der Waals surface area (Å²) in [7, 11) is 1.69. The van der Waals surface area contributed by atoms with Gasteiger partial charge in [-0.25, -0.2) is 4.79 Å². The van der Waals surface area contributed by atoms with Crippen LogP contribution in [0.4, 0.5) is 4.79 Å². The summed E-state index contributed by atoms with van der Waals surface area (Å²) in [5.41, 5.74) is -0.758. The highest BCUT2D eigenvalue weighted by Gasteiger charge is 2.37. The number of carbonyl (C=O) groups is 2. The van der Waals surface area contributed by atoms with Gasteiger partial charge in [-0.1, -0.05) is 12.8 Å². The molecule has 1 aliphatic heterocycles. The van der Waals surface area contributed by atoms with Crippen LogP contribution in [0.1, 0.15) is 44.9 Å². The van der Waals surface area contributed by atoms with E-state index < -0.39 is 11.6 Å². The molecule has 0 aromatic rings. The van der Waals surface area contributed by atoms with Gasteiger partial charge in [-0.3, -0.25) is 4.79 Å². The van der Waals surface area contributed by atoms with Crippen molar-refractivity contribution in [1.29, 1.82) is 0 Å². The van der Waals surface area contributed by atoms with Gasteiger partial charge in [0.1, 0.15) is 0 Å². The van der Waals surface area contributed by atoms with E-state index in [2.05, 4.69) is 0 Å². The van der Waals surface area contributed by atoms with Crippen LogP contribution in [0.5, 0.6) is 0 Å². The summed E-state index contributed by atoms with van der Waals surface area (Å²) in [5, 5.41) is 19.2. The molecule has 20 heavy (non-hydrogen) atoms. The van der Waals surface area contributed by atoms with E-state index in [4.69, 9.17) is 5.11 Å². The lowest BCUT2D eigenvalue weighted by molar-refractivity contribution is -0.138. The SMILES string of the molecule is CN(CC1(O)CCCC1)C(=O)N1CCCC1CC(=O)O. The number of carboxylic acid groups (broad SMARTS) is 1. The maximum absolute atomic E-state index is 12.4. The lowest BCUT2D eigenvalue weighted by atomic mass is 10.0. The highest BCUT2D eigenvalue weighted by atomic mass is 16.4. The first kappa shape index (κ1) is 15.1. The smallest absolute Gasteiger partial charge is 0.320 e. The highest BCUT2D eigenvalue weighted by Crippen LogP contribution is 2.30. The molecule has 2 fully saturated rings. The fraction of sp³-hybridized carbons (Fsp3) is 0.857. The van der Waals surface area contributed by atoms with Gasteiger partial charge in [0.25, 0.3) is 0 Å². The van der Waals surface area contributed by atoms with Gasteiger partial charge in [-0.05, 0) is 25.7 Å². The number of hydrogen-bond acceptors (Lipinski definition) is 3. The molecule has 0 aromatic carbocycles. The monoisotopic (exact) mass is 284 g/mol. The Morgan fingerprint density at radius 3 is 2.55 bits per heavy atom. The summed E-state index contributed by atoms with van der Waals surface area (Å²) in [4.78, 5) is 26.4. The summed E-state index contributed by atoms with van der Waals surface area (Å²) in [6.07, 6.45) is 5.09. The molecule has 2 rings (SSSR count). The number of likely N-dealkylation sites (tertiary alicyclic amines) is 1. The fourth-order valence-corrected chi connectivity index (χ4v) is 3.42. The number of hydrogen-bond donors (Lipinski definition) is 2. The lowest BCUT2D eigenvalue weighted by Gasteiger charge is -2.33. The standard InChI is InChI=1S/C14H24N2O4/c1-15(10-14(20)6-2-3-7-14)13(19)16-8-4-5-11(16)9-12(17)18/h11,20H,2-10H2,1H3,(H,17,18). The van der Waals surface area contributed by atoms with E-state index in [1.807, 2.05) is 0 Å². The topological polar surface area (TPSA) is 81.1 Å². The Balaban J connectivity index is 1.93. The number of aliphatic carboxylic acids is 1. The van der Waals surface area contributed by atoms with Crippen LogP contribution in [0, 0.1) is 0 Å². The third-order valence-corrected chi connectivity index (χ3v) is 4.43. The zero-order valence-electron chi connectivity index (χ0n) is 12.0. The molecule has 6 nitrogen and oxygen atoms in total. The van der Waals surface area contributed by atoms with Crippen LogP contribution in [-0.4, -0.2) is 63.8 Å². The summed E-state index contributed by atoms with van der Waals surface area (Å²) in [6.45, 7) is 0.946. The van der Waals surface area contributed by atoms with Crippen molar-refractivity contribution < 1.29 is 19.8 Å². The van der Waals surface area contributed by atoms with Gasteiger partial charge in [-0.15, -0.1) is 0 Å².